The fourth-order valence-electron chi connectivity index (χ4n) is 16.1. The number of rotatable bonds is 8. The highest BCUT2D eigenvalue weighted by Crippen LogP contribution is 2.50. The number of para-hydroxylation sites is 4. The van der Waals surface area contributed by atoms with Gasteiger partial charge in [-0.3, -0.25) is 0 Å². The number of nitrogens with zero attached hydrogens (tertiary/aromatic N) is 2. The van der Waals surface area contributed by atoms with Crippen molar-refractivity contribution >= 4 is 150 Å². The molecule has 0 spiro atoms. The molecule has 22 rings (SSSR count). The van der Waals surface area contributed by atoms with E-state index in [0.717, 1.165) is 110 Å². The van der Waals surface area contributed by atoms with Gasteiger partial charge in [0.1, 0.15) is 22.3 Å². The highest BCUT2D eigenvalue weighted by molar-refractivity contribution is 7.26. The summed E-state index contributed by atoms with van der Waals surface area (Å²) in [7, 11) is 0. The molecule has 0 atom stereocenters. The van der Waals surface area contributed by atoms with Crippen LogP contribution in [0.2, 0.25) is 0 Å². The lowest BCUT2D eigenvalue weighted by atomic mass is 9.89. The van der Waals surface area contributed by atoms with Crippen molar-refractivity contribution in [2.24, 2.45) is 0 Å². The molecule has 104 heavy (non-hydrogen) atoms. The Morgan fingerprint density at radius 2 is 0.577 bits per heavy atom. The van der Waals surface area contributed by atoms with Crippen LogP contribution in [-0.2, 0) is 0 Å². The van der Waals surface area contributed by atoms with E-state index >= 15 is 0 Å². The summed E-state index contributed by atoms with van der Waals surface area (Å²) in [6, 6.07) is 126. The Morgan fingerprint density at radius 3 is 1.12 bits per heavy atom. The Bertz CT molecular complexity index is 7210. The molecule has 484 valence electrons. The van der Waals surface area contributed by atoms with Crippen molar-refractivity contribution < 1.29 is 8.83 Å². The Hall–Kier alpha value is -13.1. The minimum Gasteiger partial charge on any atom is -0.456 e. The van der Waals surface area contributed by atoms with Crippen molar-refractivity contribution in [1.82, 2.24) is 9.97 Å². The minimum atomic E-state index is 0.868. The van der Waals surface area contributed by atoms with E-state index in [2.05, 4.69) is 340 Å². The van der Waals surface area contributed by atoms with E-state index < -0.39 is 0 Å². The number of furan rings is 2. The summed E-state index contributed by atoms with van der Waals surface area (Å²) in [5.41, 5.74) is 23.8. The molecule has 16 aromatic carbocycles. The molecule has 0 aliphatic heterocycles. The molecule has 0 aliphatic rings. The Balaban J connectivity index is 0.000000134. The predicted molar refractivity (Wildman–Crippen MR) is 442 cm³/mol. The van der Waals surface area contributed by atoms with Crippen LogP contribution in [0.5, 0.6) is 0 Å². The number of thiophene rings is 2. The van der Waals surface area contributed by atoms with Gasteiger partial charge in [-0.1, -0.05) is 285 Å². The maximum Gasteiger partial charge on any atom is 0.136 e. The van der Waals surface area contributed by atoms with Gasteiger partial charge in [0.05, 0.1) is 22.4 Å². The van der Waals surface area contributed by atoms with Gasteiger partial charge in [0, 0.05) is 116 Å². The van der Waals surface area contributed by atoms with Gasteiger partial charge in [-0.25, -0.2) is 9.97 Å². The average molecular weight is 1360 g/mol. The molecule has 0 radical (unpaired) electrons. The molecule has 6 aromatic heterocycles. The number of hydrogen-bond acceptors (Lipinski definition) is 6. The molecule has 0 unspecified atom stereocenters. The number of pyridine rings is 2. The first-order chi connectivity index (χ1) is 51.5. The predicted octanol–water partition coefficient (Wildman–Crippen LogP) is 28.6. The molecule has 4 nitrogen and oxygen atoms in total. The van der Waals surface area contributed by atoms with E-state index in [4.69, 9.17) is 18.8 Å². The molecule has 6 heterocycles. The van der Waals surface area contributed by atoms with Crippen LogP contribution >= 0.6 is 22.7 Å². The van der Waals surface area contributed by atoms with Gasteiger partial charge in [0.15, 0.2) is 0 Å². The molecule has 0 N–H and O–H groups in total. The highest BCUT2D eigenvalue weighted by atomic mass is 32.1. The zero-order chi connectivity index (χ0) is 68.3. The molecule has 22 aromatic rings. The van der Waals surface area contributed by atoms with Gasteiger partial charge in [0.2, 0.25) is 0 Å². The van der Waals surface area contributed by atoms with Crippen LogP contribution in [0.1, 0.15) is 0 Å². The smallest absolute Gasteiger partial charge is 0.136 e. The van der Waals surface area contributed by atoms with Crippen LogP contribution in [-0.4, -0.2) is 9.97 Å². The summed E-state index contributed by atoms with van der Waals surface area (Å²) < 4.78 is 18.4. The monoisotopic (exact) mass is 1360 g/mol. The summed E-state index contributed by atoms with van der Waals surface area (Å²) >= 11 is 3.73. The average Bonchev–Trinajstić information content (AvgIpc) is 1.30. The molecule has 0 amide bonds. The molecular formula is C98H58N2O2S2. The second-order valence-electron chi connectivity index (χ2n) is 26.9. The fourth-order valence-corrected chi connectivity index (χ4v) is 18.5. The first-order valence-corrected chi connectivity index (χ1v) is 36.9. The zero-order valence-electron chi connectivity index (χ0n) is 56.0. The quantitative estimate of drug-likeness (QED) is 0.142. The van der Waals surface area contributed by atoms with Crippen LogP contribution in [0.25, 0.3) is 217 Å². The van der Waals surface area contributed by atoms with Gasteiger partial charge < -0.3 is 8.83 Å². The lowest BCUT2D eigenvalue weighted by molar-refractivity contribution is 0.669. The summed E-state index contributed by atoms with van der Waals surface area (Å²) in [6.07, 6.45) is 0. The molecule has 0 saturated heterocycles. The number of fused-ring (bicyclic) bond motifs is 18. The third-order valence-electron chi connectivity index (χ3n) is 20.9. The van der Waals surface area contributed by atoms with Gasteiger partial charge >= 0.3 is 0 Å². The van der Waals surface area contributed by atoms with Crippen LogP contribution < -0.4 is 0 Å². The van der Waals surface area contributed by atoms with Crippen LogP contribution in [0, 0.1) is 0 Å². The maximum atomic E-state index is 6.57. The van der Waals surface area contributed by atoms with Gasteiger partial charge in [-0.2, -0.15) is 0 Å². The van der Waals surface area contributed by atoms with Crippen molar-refractivity contribution in [3.63, 3.8) is 0 Å². The summed E-state index contributed by atoms with van der Waals surface area (Å²) in [5, 5.41) is 16.6. The zero-order valence-corrected chi connectivity index (χ0v) is 57.6. The highest BCUT2D eigenvalue weighted by Gasteiger charge is 2.25. The topological polar surface area (TPSA) is 52.1 Å². The molecule has 0 bridgehead atoms. The number of benzene rings is 16. The fraction of sp³-hybridized carbons (Fsp3) is 0. The number of hydrogen-bond donors (Lipinski definition) is 0. The molecule has 0 aliphatic carbocycles. The lowest BCUT2D eigenvalue weighted by Gasteiger charge is -2.16. The molecule has 0 saturated carbocycles. The van der Waals surface area contributed by atoms with Crippen LogP contribution in [0.3, 0.4) is 0 Å². The van der Waals surface area contributed by atoms with E-state index in [9.17, 15) is 0 Å². The minimum absolute atomic E-state index is 0.868. The Kier molecular flexibility index (Phi) is 14.0. The van der Waals surface area contributed by atoms with Gasteiger partial charge in [-0.15, -0.1) is 22.7 Å². The van der Waals surface area contributed by atoms with Crippen LogP contribution in [0.4, 0.5) is 0 Å². The standard InChI is InChI=1S/2C49H29NOS/c1-2-12-31(13-3-1)45-46-38-17-4-7-21-41(38)50-48(40(46)29-43-47(45)39-18-5-8-22-42(39)51-43)32-26-24-30(25-27-32)33-14-10-15-34(28-33)35-19-11-20-37-36-16-6-9-23-44(36)52-49(35)37;1-2-11-31(12-3-1)46-47-38-16-4-7-18-41(38)50-49(40(47)29-43-48(46)39-17-5-8-19-42(39)51-43)32-23-21-30(22-24-32)33-13-10-14-34(27-33)35-25-26-37-36-15-6-9-20-44(36)52-45(37)28-35/h2*1-29H. The van der Waals surface area contributed by atoms with Crippen molar-refractivity contribution in [2.45, 2.75) is 0 Å². The van der Waals surface area contributed by atoms with Crippen molar-refractivity contribution in [1.29, 1.82) is 0 Å². The summed E-state index contributed by atoms with van der Waals surface area (Å²) in [5.74, 6) is 0. The lowest BCUT2D eigenvalue weighted by Crippen LogP contribution is -1.93. The second-order valence-corrected chi connectivity index (χ2v) is 29.0. The van der Waals surface area contributed by atoms with E-state index in [0.29, 0.717) is 0 Å². The Morgan fingerprint density at radius 1 is 0.202 bits per heavy atom. The summed E-state index contributed by atoms with van der Waals surface area (Å²) in [4.78, 5) is 10.7. The van der Waals surface area contributed by atoms with E-state index in [-0.39, 0.29) is 0 Å². The van der Waals surface area contributed by atoms with Gasteiger partial charge in [-0.05, 0) is 122 Å². The first kappa shape index (κ1) is 59.7. The van der Waals surface area contributed by atoms with Crippen LogP contribution in [0.15, 0.2) is 361 Å². The first-order valence-electron chi connectivity index (χ1n) is 35.2. The molecule has 6 heteroatoms. The second kappa shape index (κ2) is 24.3. The third kappa shape index (κ3) is 9.86. The summed E-state index contributed by atoms with van der Waals surface area (Å²) in [6.45, 7) is 0. The number of aromatic nitrogens is 2. The largest absolute Gasteiger partial charge is 0.456 e. The maximum absolute atomic E-state index is 6.57. The van der Waals surface area contributed by atoms with E-state index in [1.807, 2.05) is 34.8 Å². The Labute approximate surface area is 605 Å². The van der Waals surface area contributed by atoms with E-state index in [1.54, 1.807) is 0 Å². The van der Waals surface area contributed by atoms with Crippen molar-refractivity contribution in [3.05, 3.63) is 352 Å². The molecule has 0 fully saturated rings. The van der Waals surface area contributed by atoms with Crippen molar-refractivity contribution in [2.75, 3.05) is 0 Å². The molecular weight excluding hydrogens is 1300 g/mol. The normalized spacial score (nSPS) is 11.8. The SMILES string of the molecule is c1ccc(-c2c3c(cc4c(-c5ccc(-c6cccc(-c7ccc8c(c7)sc7ccccc78)c6)cc5)nc5ccccc5c24)oc2ccccc23)cc1.c1ccc(-c2c3c(cc4c(-c5ccc(-c6cccc(-c7cccc8c7sc7ccccc78)c6)cc5)nc5ccccc5c24)oc2ccccc23)cc1. The van der Waals surface area contributed by atoms with E-state index in [1.165, 1.54) is 107 Å². The van der Waals surface area contributed by atoms with Crippen molar-refractivity contribution in [3.8, 4) is 89.3 Å². The third-order valence-corrected chi connectivity index (χ3v) is 23.3. The van der Waals surface area contributed by atoms with Gasteiger partial charge in [0.25, 0.3) is 0 Å².